The number of para-hydroxylation sites is 1. The number of aliphatic hydroxyl groups excluding tert-OH is 1. The summed E-state index contributed by atoms with van der Waals surface area (Å²) in [4.78, 5) is 14.1. The van der Waals surface area contributed by atoms with Gasteiger partial charge in [-0.3, -0.25) is 4.79 Å². The zero-order chi connectivity index (χ0) is 16.9. The number of ether oxygens (including phenoxy) is 1. The number of hydrogen-bond donors (Lipinski definition) is 1. The quantitative estimate of drug-likeness (QED) is 0.940. The van der Waals surface area contributed by atoms with E-state index in [2.05, 4.69) is 0 Å². The lowest BCUT2D eigenvalue weighted by Gasteiger charge is -2.34. The van der Waals surface area contributed by atoms with E-state index in [9.17, 15) is 9.90 Å². The van der Waals surface area contributed by atoms with Crippen LogP contribution in [0, 0.1) is 5.92 Å². The SMILES string of the molecule is CC1CCN(C(=O)COc2ccccc2-c2ccccc2)CC1O. The van der Waals surface area contributed by atoms with Gasteiger partial charge < -0.3 is 14.7 Å². The smallest absolute Gasteiger partial charge is 0.260 e. The van der Waals surface area contributed by atoms with Crippen molar-refractivity contribution >= 4 is 5.91 Å². The minimum atomic E-state index is -0.445. The molecule has 1 N–H and O–H groups in total. The zero-order valence-electron chi connectivity index (χ0n) is 13.9. The van der Waals surface area contributed by atoms with Gasteiger partial charge in [0.1, 0.15) is 5.75 Å². The van der Waals surface area contributed by atoms with Gasteiger partial charge in [0.05, 0.1) is 6.10 Å². The molecule has 0 radical (unpaired) electrons. The van der Waals surface area contributed by atoms with Crippen molar-refractivity contribution in [3.63, 3.8) is 0 Å². The average molecular weight is 325 g/mol. The Balaban J connectivity index is 1.66. The second-order valence-electron chi connectivity index (χ2n) is 6.32. The highest BCUT2D eigenvalue weighted by molar-refractivity contribution is 5.78. The predicted molar refractivity (Wildman–Crippen MR) is 93.7 cm³/mol. The van der Waals surface area contributed by atoms with Crippen LogP contribution in [0.4, 0.5) is 0 Å². The van der Waals surface area contributed by atoms with E-state index in [0.717, 1.165) is 17.5 Å². The Hall–Kier alpha value is -2.33. The van der Waals surface area contributed by atoms with Gasteiger partial charge in [0.25, 0.3) is 5.91 Å². The standard InChI is InChI=1S/C20H23NO3/c1-15-11-12-21(13-18(15)22)20(23)14-24-19-10-6-5-9-17(19)16-7-3-2-4-8-16/h2-10,15,18,22H,11-14H2,1H3. The maximum absolute atomic E-state index is 12.4. The number of likely N-dealkylation sites (tertiary alicyclic amines) is 1. The molecule has 1 saturated heterocycles. The lowest BCUT2D eigenvalue weighted by atomic mass is 9.96. The normalized spacial score (nSPS) is 20.7. The second kappa shape index (κ2) is 7.49. The van der Waals surface area contributed by atoms with Crippen LogP contribution in [0.2, 0.25) is 0 Å². The summed E-state index contributed by atoms with van der Waals surface area (Å²) < 4.78 is 5.80. The van der Waals surface area contributed by atoms with E-state index >= 15 is 0 Å². The highest BCUT2D eigenvalue weighted by Gasteiger charge is 2.27. The molecular weight excluding hydrogens is 302 g/mol. The molecule has 24 heavy (non-hydrogen) atoms. The Morgan fingerprint density at radius 2 is 1.88 bits per heavy atom. The van der Waals surface area contributed by atoms with Crippen LogP contribution in [-0.4, -0.2) is 41.7 Å². The van der Waals surface area contributed by atoms with Crippen LogP contribution in [0.15, 0.2) is 54.6 Å². The van der Waals surface area contributed by atoms with E-state index in [1.807, 2.05) is 61.5 Å². The topological polar surface area (TPSA) is 49.8 Å². The molecule has 4 heteroatoms. The first-order valence-corrected chi connectivity index (χ1v) is 8.38. The second-order valence-corrected chi connectivity index (χ2v) is 6.32. The number of carbonyl (C=O) groups is 1. The maximum atomic E-state index is 12.4. The van der Waals surface area contributed by atoms with E-state index in [0.29, 0.717) is 18.8 Å². The first kappa shape index (κ1) is 16.5. The number of rotatable bonds is 4. The van der Waals surface area contributed by atoms with E-state index < -0.39 is 6.10 Å². The van der Waals surface area contributed by atoms with Crippen molar-refractivity contribution in [2.24, 2.45) is 5.92 Å². The first-order chi connectivity index (χ1) is 11.6. The molecule has 1 aliphatic heterocycles. The van der Waals surface area contributed by atoms with Crippen molar-refractivity contribution in [1.29, 1.82) is 0 Å². The van der Waals surface area contributed by atoms with Crippen LogP contribution < -0.4 is 4.74 Å². The number of aliphatic hydroxyl groups is 1. The van der Waals surface area contributed by atoms with Crippen molar-refractivity contribution in [3.8, 4) is 16.9 Å². The van der Waals surface area contributed by atoms with Gasteiger partial charge in [-0.2, -0.15) is 0 Å². The number of nitrogens with zero attached hydrogens (tertiary/aromatic N) is 1. The molecule has 2 aromatic carbocycles. The minimum absolute atomic E-state index is 0.00898. The Labute approximate surface area is 142 Å². The number of β-amino-alcohol motifs (C(OH)–C–C–N with tert-alkyl or cyclic N) is 1. The molecule has 2 unspecified atom stereocenters. The van der Waals surface area contributed by atoms with Crippen molar-refractivity contribution in [2.75, 3.05) is 19.7 Å². The number of amides is 1. The number of hydrogen-bond acceptors (Lipinski definition) is 3. The summed E-state index contributed by atoms with van der Waals surface area (Å²) in [5, 5.41) is 9.94. The Morgan fingerprint density at radius 1 is 1.17 bits per heavy atom. The Bertz CT molecular complexity index is 686. The van der Waals surface area contributed by atoms with Gasteiger partial charge in [-0.05, 0) is 24.0 Å². The third-order valence-corrected chi connectivity index (χ3v) is 4.59. The molecule has 126 valence electrons. The molecule has 0 aromatic heterocycles. The summed E-state index contributed by atoms with van der Waals surface area (Å²) >= 11 is 0. The predicted octanol–water partition coefficient (Wildman–Crippen LogP) is 2.96. The minimum Gasteiger partial charge on any atom is -0.483 e. The van der Waals surface area contributed by atoms with Gasteiger partial charge >= 0.3 is 0 Å². The van der Waals surface area contributed by atoms with Crippen molar-refractivity contribution in [1.82, 2.24) is 4.90 Å². The number of carbonyl (C=O) groups excluding carboxylic acids is 1. The fourth-order valence-corrected chi connectivity index (χ4v) is 2.95. The van der Waals surface area contributed by atoms with E-state index in [-0.39, 0.29) is 18.4 Å². The molecule has 0 saturated carbocycles. The summed E-state index contributed by atoms with van der Waals surface area (Å²) in [6, 6.07) is 17.7. The van der Waals surface area contributed by atoms with Gasteiger partial charge in [-0.25, -0.2) is 0 Å². The summed E-state index contributed by atoms with van der Waals surface area (Å²) in [6.45, 7) is 3.08. The van der Waals surface area contributed by atoms with Crippen LogP contribution in [0.3, 0.4) is 0 Å². The lowest BCUT2D eigenvalue weighted by Crippen LogP contribution is -2.47. The van der Waals surface area contributed by atoms with Gasteiger partial charge in [0, 0.05) is 18.7 Å². The van der Waals surface area contributed by atoms with Crippen molar-refractivity contribution in [2.45, 2.75) is 19.4 Å². The van der Waals surface area contributed by atoms with E-state index in [1.165, 1.54) is 0 Å². The summed E-state index contributed by atoms with van der Waals surface area (Å²) in [5.41, 5.74) is 2.03. The third kappa shape index (κ3) is 3.77. The Kier molecular flexibility index (Phi) is 5.16. The molecule has 2 aromatic rings. The third-order valence-electron chi connectivity index (χ3n) is 4.59. The molecule has 1 amide bonds. The van der Waals surface area contributed by atoms with Crippen molar-refractivity contribution < 1.29 is 14.6 Å². The molecule has 2 atom stereocenters. The van der Waals surface area contributed by atoms with Crippen LogP contribution in [-0.2, 0) is 4.79 Å². The molecule has 1 heterocycles. The van der Waals surface area contributed by atoms with Gasteiger partial charge in [0.2, 0.25) is 0 Å². The lowest BCUT2D eigenvalue weighted by molar-refractivity contribution is -0.137. The summed E-state index contributed by atoms with van der Waals surface area (Å²) in [7, 11) is 0. The molecule has 4 nitrogen and oxygen atoms in total. The fourth-order valence-electron chi connectivity index (χ4n) is 2.95. The average Bonchev–Trinajstić information content (AvgIpc) is 2.63. The van der Waals surface area contributed by atoms with Crippen LogP contribution in [0.1, 0.15) is 13.3 Å². The van der Waals surface area contributed by atoms with Crippen LogP contribution in [0.5, 0.6) is 5.75 Å². The Morgan fingerprint density at radius 3 is 2.62 bits per heavy atom. The number of benzene rings is 2. The first-order valence-electron chi connectivity index (χ1n) is 8.38. The van der Waals surface area contributed by atoms with Gasteiger partial charge in [0.15, 0.2) is 6.61 Å². The molecule has 0 aliphatic carbocycles. The molecule has 0 bridgehead atoms. The molecule has 1 aliphatic rings. The molecule has 1 fully saturated rings. The highest BCUT2D eigenvalue weighted by atomic mass is 16.5. The summed E-state index contributed by atoms with van der Waals surface area (Å²) in [6.07, 6.45) is 0.382. The van der Waals surface area contributed by atoms with Gasteiger partial charge in [-0.1, -0.05) is 55.5 Å². The monoisotopic (exact) mass is 325 g/mol. The maximum Gasteiger partial charge on any atom is 0.260 e. The highest BCUT2D eigenvalue weighted by Crippen LogP contribution is 2.29. The van der Waals surface area contributed by atoms with Crippen LogP contribution >= 0.6 is 0 Å². The molecule has 0 spiro atoms. The molecule has 3 rings (SSSR count). The molecular formula is C20H23NO3. The van der Waals surface area contributed by atoms with E-state index in [1.54, 1.807) is 4.90 Å². The fraction of sp³-hybridized carbons (Fsp3) is 0.350. The van der Waals surface area contributed by atoms with Gasteiger partial charge in [-0.15, -0.1) is 0 Å². The number of piperidine rings is 1. The zero-order valence-corrected chi connectivity index (χ0v) is 13.9. The largest absolute Gasteiger partial charge is 0.483 e. The van der Waals surface area contributed by atoms with E-state index in [4.69, 9.17) is 4.74 Å². The van der Waals surface area contributed by atoms with Crippen LogP contribution in [0.25, 0.3) is 11.1 Å². The van der Waals surface area contributed by atoms with Crippen molar-refractivity contribution in [3.05, 3.63) is 54.6 Å². The summed E-state index contributed by atoms with van der Waals surface area (Å²) in [5.74, 6) is 0.862.